The monoisotopic (exact) mass is 364 g/mol. The fourth-order valence-electron chi connectivity index (χ4n) is 2.14. The van der Waals surface area contributed by atoms with Crippen LogP contribution >= 0.6 is 23.4 Å². The van der Waals surface area contributed by atoms with E-state index in [2.05, 4.69) is 17.0 Å². The zero-order valence-electron chi connectivity index (χ0n) is 14.0. The van der Waals surface area contributed by atoms with Gasteiger partial charge in [-0.2, -0.15) is 5.10 Å². The largest absolute Gasteiger partial charge is 0.308 e. The number of anilines is 1. The predicted molar refractivity (Wildman–Crippen MR) is 101 cm³/mol. The Balaban J connectivity index is 2.23. The molecule has 0 fully saturated rings. The number of amides is 1. The van der Waals surface area contributed by atoms with Crippen molar-refractivity contribution in [3.8, 4) is 5.69 Å². The molecule has 1 atom stereocenters. The number of pyridine rings is 1. The molecule has 0 aliphatic heterocycles. The number of hydrogen-bond acceptors (Lipinski definition) is 4. The van der Waals surface area contributed by atoms with Crippen molar-refractivity contribution in [2.75, 3.05) is 11.4 Å². The lowest BCUT2D eigenvalue weighted by molar-refractivity contribution is -0.117. The maximum atomic E-state index is 12.7. The summed E-state index contributed by atoms with van der Waals surface area (Å²) in [4.78, 5) is 18.5. The van der Waals surface area contributed by atoms with Gasteiger partial charge in [0, 0.05) is 12.7 Å². The van der Waals surface area contributed by atoms with E-state index < -0.39 is 0 Å². The molecule has 0 spiro atoms. The van der Waals surface area contributed by atoms with E-state index in [1.165, 1.54) is 11.8 Å². The molecule has 0 aromatic carbocycles. The van der Waals surface area contributed by atoms with E-state index >= 15 is 0 Å². The number of carbonyl (C=O) groups is 1. The number of rotatable bonds is 7. The SMILES string of the molecule is CC/C=C/SC(C)C(=O)N(CC)c1cn(-c2cccnc2)nc1Cl. The van der Waals surface area contributed by atoms with Crippen LogP contribution < -0.4 is 4.90 Å². The highest BCUT2D eigenvalue weighted by Gasteiger charge is 2.24. The number of nitrogens with zero attached hydrogens (tertiary/aromatic N) is 4. The molecule has 128 valence electrons. The van der Waals surface area contributed by atoms with Crippen molar-refractivity contribution in [1.82, 2.24) is 14.8 Å². The fraction of sp³-hybridized carbons (Fsp3) is 0.353. The highest BCUT2D eigenvalue weighted by molar-refractivity contribution is 8.03. The Labute approximate surface area is 151 Å². The average molecular weight is 365 g/mol. The lowest BCUT2D eigenvalue weighted by Gasteiger charge is -2.22. The second-order valence-corrected chi connectivity index (χ2v) is 6.71. The van der Waals surface area contributed by atoms with Crippen LogP contribution in [-0.2, 0) is 4.79 Å². The van der Waals surface area contributed by atoms with Crippen LogP contribution in [-0.4, -0.2) is 32.5 Å². The molecule has 0 bridgehead atoms. The summed E-state index contributed by atoms with van der Waals surface area (Å²) >= 11 is 7.78. The van der Waals surface area contributed by atoms with Crippen molar-refractivity contribution in [1.29, 1.82) is 0 Å². The maximum absolute atomic E-state index is 12.7. The van der Waals surface area contributed by atoms with Gasteiger partial charge < -0.3 is 4.90 Å². The average Bonchev–Trinajstić information content (AvgIpc) is 2.98. The molecule has 0 saturated carbocycles. The van der Waals surface area contributed by atoms with Gasteiger partial charge in [-0.05, 0) is 37.8 Å². The Kier molecular flexibility index (Phi) is 6.87. The molecule has 1 unspecified atom stereocenters. The van der Waals surface area contributed by atoms with Gasteiger partial charge in [0.15, 0.2) is 5.15 Å². The molecule has 24 heavy (non-hydrogen) atoms. The van der Waals surface area contributed by atoms with E-state index in [-0.39, 0.29) is 11.2 Å². The maximum Gasteiger partial charge on any atom is 0.240 e. The van der Waals surface area contributed by atoms with Crippen LogP contribution in [0.3, 0.4) is 0 Å². The zero-order chi connectivity index (χ0) is 17.5. The van der Waals surface area contributed by atoms with Crippen molar-refractivity contribution in [3.05, 3.63) is 47.4 Å². The summed E-state index contributed by atoms with van der Waals surface area (Å²) in [5, 5.41) is 6.38. The zero-order valence-corrected chi connectivity index (χ0v) is 15.6. The number of carbonyl (C=O) groups excluding carboxylic acids is 1. The topological polar surface area (TPSA) is 51.0 Å². The molecule has 0 radical (unpaired) electrons. The molecular formula is C17H21ClN4OS. The van der Waals surface area contributed by atoms with E-state index in [1.54, 1.807) is 28.2 Å². The normalized spacial score (nSPS) is 12.5. The van der Waals surface area contributed by atoms with Crippen LogP contribution in [0.25, 0.3) is 5.69 Å². The minimum atomic E-state index is -0.189. The fourth-order valence-corrected chi connectivity index (χ4v) is 3.15. The van der Waals surface area contributed by atoms with Crippen LogP contribution in [0.4, 0.5) is 5.69 Å². The van der Waals surface area contributed by atoms with Crippen LogP contribution in [0.1, 0.15) is 27.2 Å². The third-order valence-corrected chi connectivity index (χ3v) is 4.63. The molecule has 5 nitrogen and oxygen atoms in total. The van der Waals surface area contributed by atoms with E-state index in [9.17, 15) is 4.79 Å². The van der Waals surface area contributed by atoms with Gasteiger partial charge in [-0.15, -0.1) is 11.8 Å². The molecule has 2 heterocycles. The standard InChI is InChI=1S/C17H21ClN4OS/c1-4-6-10-24-13(3)17(23)21(5-2)15-12-22(20-16(15)18)14-8-7-9-19-11-14/h6-13H,4-5H2,1-3H3/b10-6+. The van der Waals surface area contributed by atoms with Crippen molar-refractivity contribution in [2.24, 2.45) is 0 Å². The third-order valence-electron chi connectivity index (χ3n) is 3.40. The number of allylic oxidation sites excluding steroid dienone is 1. The van der Waals surface area contributed by atoms with E-state index in [4.69, 9.17) is 11.6 Å². The van der Waals surface area contributed by atoms with Gasteiger partial charge in [0.1, 0.15) is 5.69 Å². The van der Waals surface area contributed by atoms with Crippen molar-refractivity contribution < 1.29 is 4.79 Å². The summed E-state index contributed by atoms with van der Waals surface area (Å²) < 4.78 is 1.63. The Morgan fingerprint density at radius 3 is 2.92 bits per heavy atom. The van der Waals surface area contributed by atoms with Gasteiger partial charge >= 0.3 is 0 Å². The lowest BCUT2D eigenvalue weighted by Crippen LogP contribution is -2.36. The Morgan fingerprint density at radius 2 is 2.29 bits per heavy atom. The first-order chi connectivity index (χ1) is 11.6. The molecule has 2 aromatic rings. The lowest BCUT2D eigenvalue weighted by atomic mass is 10.3. The summed E-state index contributed by atoms with van der Waals surface area (Å²) in [5.41, 5.74) is 1.40. The van der Waals surface area contributed by atoms with Gasteiger partial charge in [0.05, 0.1) is 23.3 Å². The molecule has 2 aromatic heterocycles. The summed E-state index contributed by atoms with van der Waals surface area (Å²) in [6.45, 7) is 6.41. The van der Waals surface area contributed by atoms with Gasteiger partial charge in [-0.25, -0.2) is 4.68 Å². The number of aromatic nitrogens is 3. The van der Waals surface area contributed by atoms with Crippen molar-refractivity contribution in [2.45, 2.75) is 32.4 Å². The number of thioether (sulfide) groups is 1. The minimum Gasteiger partial charge on any atom is -0.308 e. The molecule has 0 saturated heterocycles. The minimum absolute atomic E-state index is 0.0101. The molecule has 2 rings (SSSR count). The highest BCUT2D eigenvalue weighted by Crippen LogP contribution is 2.28. The molecule has 7 heteroatoms. The number of hydrogen-bond donors (Lipinski definition) is 0. The quantitative estimate of drug-likeness (QED) is 0.734. The molecule has 0 aliphatic carbocycles. The second kappa shape index (κ2) is 8.89. The Hall–Kier alpha value is -1.79. The Bertz CT molecular complexity index is 702. The van der Waals surface area contributed by atoms with Gasteiger partial charge in [0.2, 0.25) is 5.91 Å². The Morgan fingerprint density at radius 1 is 1.50 bits per heavy atom. The van der Waals surface area contributed by atoms with Crippen LogP contribution in [0.2, 0.25) is 5.15 Å². The first-order valence-electron chi connectivity index (χ1n) is 7.85. The molecular weight excluding hydrogens is 344 g/mol. The summed E-state index contributed by atoms with van der Waals surface area (Å²) in [6, 6.07) is 3.71. The van der Waals surface area contributed by atoms with E-state index in [0.717, 1.165) is 12.1 Å². The van der Waals surface area contributed by atoms with Gasteiger partial charge in [0.25, 0.3) is 0 Å². The highest BCUT2D eigenvalue weighted by atomic mass is 35.5. The molecule has 1 amide bonds. The van der Waals surface area contributed by atoms with Crippen molar-refractivity contribution in [3.63, 3.8) is 0 Å². The smallest absolute Gasteiger partial charge is 0.240 e. The second-order valence-electron chi connectivity index (χ2n) is 5.10. The predicted octanol–water partition coefficient (Wildman–Crippen LogP) is 4.32. The molecule has 0 aliphatic rings. The van der Waals surface area contributed by atoms with Crippen LogP contribution in [0.5, 0.6) is 0 Å². The van der Waals surface area contributed by atoms with E-state index in [1.807, 2.05) is 37.5 Å². The van der Waals surface area contributed by atoms with Gasteiger partial charge in [-0.3, -0.25) is 9.78 Å². The summed E-state index contributed by atoms with van der Waals surface area (Å²) in [5.74, 6) is 0.0101. The van der Waals surface area contributed by atoms with Crippen molar-refractivity contribution >= 4 is 35.0 Å². The first kappa shape index (κ1) is 18.5. The van der Waals surface area contributed by atoms with Gasteiger partial charge in [-0.1, -0.05) is 24.6 Å². The first-order valence-corrected chi connectivity index (χ1v) is 9.18. The van der Waals surface area contributed by atoms with E-state index in [0.29, 0.717) is 17.4 Å². The van der Waals surface area contributed by atoms with Crippen LogP contribution in [0.15, 0.2) is 42.2 Å². The third kappa shape index (κ3) is 4.39. The van der Waals surface area contributed by atoms with Crippen LogP contribution in [0, 0.1) is 0 Å². The summed E-state index contributed by atoms with van der Waals surface area (Å²) in [7, 11) is 0. The number of halogens is 1. The molecule has 0 N–H and O–H groups in total. The summed E-state index contributed by atoms with van der Waals surface area (Å²) in [6.07, 6.45) is 8.15.